The Hall–Kier alpha value is -3.67. The van der Waals surface area contributed by atoms with E-state index in [0.29, 0.717) is 24.3 Å². The zero-order valence-corrected chi connectivity index (χ0v) is 15.0. The molecule has 0 spiro atoms. The van der Waals surface area contributed by atoms with Gasteiger partial charge in [0.1, 0.15) is 11.6 Å². The molecule has 1 amide bonds. The van der Waals surface area contributed by atoms with E-state index in [2.05, 4.69) is 10.4 Å². The van der Waals surface area contributed by atoms with Gasteiger partial charge >= 0.3 is 0 Å². The average Bonchev–Trinajstić information content (AvgIpc) is 3.39. The van der Waals surface area contributed by atoms with E-state index in [1.165, 1.54) is 12.1 Å². The van der Waals surface area contributed by atoms with E-state index in [9.17, 15) is 9.18 Å². The summed E-state index contributed by atoms with van der Waals surface area (Å²) in [6, 6.07) is 19.1. The Labute approximate surface area is 161 Å². The minimum Gasteiger partial charge on any atom is -0.451 e. The lowest BCUT2D eigenvalue weighted by atomic mass is 10.2. The third-order valence-corrected chi connectivity index (χ3v) is 4.31. The summed E-state index contributed by atoms with van der Waals surface area (Å²) >= 11 is 0. The highest BCUT2D eigenvalue weighted by Crippen LogP contribution is 2.22. The van der Waals surface area contributed by atoms with Gasteiger partial charge in [-0.2, -0.15) is 5.10 Å². The molecule has 0 atom stereocenters. The predicted octanol–water partition coefficient (Wildman–Crippen LogP) is 4.24. The molecule has 0 radical (unpaired) electrons. The van der Waals surface area contributed by atoms with E-state index < -0.39 is 0 Å². The van der Waals surface area contributed by atoms with Crippen LogP contribution in [0.5, 0.6) is 0 Å². The van der Waals surface area contributed by atoms with E-state index in [4.69, 9.17) is 4.42 Å². The Kier molecular flexibility index (Phi) is 5.01. The highest BCUT2D eigenvalue weighted by molar-refractivity contribution is 5.92. The maximum atomic E-state index is 13.0. The Morgan fingerprint density at radius 2 is 1.82 bits per heavy atom. The molecule has 4 aromatic rings. The number of hydrogen-bond donors (Lipinski definition) is 1. The maximum absolute atomic E-state index is 13.0. The third-order valence-electron chi connectivity index (χ3n) is 4.31. The molecule has 0 saturated carbocycles. The molecule has 1 N–H and O–H groups in total. The zero-order valence-electron chi connectivity index (χ0n) is 15.0. The second-order valence-corrected chi connectivity index (χ2v) is 6.31. The van der Waals surface area contributed by atoms with Gasteiger partial charge in [-0.1, -0.05) is 18.2 Å². The highest BCUT2D eigenvalue weighted by atomic mass is 19.1. The number of hydrogen-bond acceptors (Lipinski definition) is 3. The topological polar surface area (TPSA) is 60.1 Å². The summed E-state index contributed by atoms with van der Waals surface area (Å²) in [4.78, 5) is 12.3. The first-order valence-corrected chi connectivity index (χ1v) is 8.92. The SMILES string of the molecule is O=C(NCCc1cnn(-c2ccccc2)c1)c1ccc(-c2ccc(F)cc2)o1. The lowest BCUT2D eigenvalue weighted by molar-refractivity contribution is 0.0927. The van der Waals surface area contributed by atoms with Gasteiger partial charge in [0.05, 0.1) is 11.9 Å². The number of nitrogens with one attached hydrogen (secondary N) is 1. The van der Waals surface area contributed by atoms with Gasteiger partial charge in [0.2, 0.25) is 0 Å². The van der Waals surface area contributed by atoms with E-state index in [1.807, 2.05) is 36.5 Å². The van der Waals surface area contributed by atoms with Gasteiger partial charge in [0.25, 0.3) is 5.91 Å². The number of halogens is 1. The van der Waals surface area contributed by atoms with Gasteiger partial charge in [-0.05, 0) is 60.5 Å². The smallest absolute Gasteiger partial charge is 0.287 e. The van der Waals surface area contributed by atoms with Gasteiger partial charge < -0.3 is 9.73 Å². The Balaban J connectivity index is 1.33. The second-order valence-electron chi connectivity index (χ2n) is 6.31. The molecule has 0 saturated heterocycles. The summed E-state index contributed by atoms with van der Waals surface area (Å²) in [5.41, 5.74) is 2.73. The van der Waals surface area contributed by atoms with Crippen LogP contribution in [0.1, 0.15) is 16.1 Å². The largest absolute Gasteiger partial charge is 0.451 e. The number of amides is 1. The Bertz CT molecular complexity index is 1070. The fourth-order valence-electron chi connectivity index (χ4n) is 2.85. The molecule has 0 aliphatic rings. The molecule has 140 valence electrons. The number of aromatic nitrogens is 2. The number of benzene rings is 2. The molecule has 0 aliphatic carbocycles. The summed E-state index contributed by atoms with van der Waals surface area (Å²) in [6.07, 6.45) is 4.39. The van der Waals surface area contributed by atoms with Gasteiger partial charge in [0.15, 0.2) is 5.76 Å². The number of rotatable bonds is 6. The first-order chi connectivity index (χ1) is 13.7. The van der Waals surface area contributed by atoms with Gasteiger partial charge in [0, 0.05) is 18.3 Å². The number of para-hydroxylation sites is 1. The van der Waals surface area contributed by atoms with Crippen LogP contribution in [0.25, 0.3) is 17.0 Å². The molecule has 0 aliphatic heterocycles. The van der Waals surface area contributed by atoms with Crippen molar-refractivity contribution in [1.82, 2.24) is 15.1 Å². The van der Waals surface area contributed by atoms with Crippen molar-refractivity contribution in [3.8, 4) is 17.0 Å². The fourth-order valence-corrected chi connectivity index (χ4v) is 2.85. The Morgan fingerprint density at radius 1 is 1.04 bits per heavy atom. The molecule has 0 unspecified atom stereocenters. The van der Waals surface area contributed by atoms with Crippen molar-refractivity contribution in [2.75, 3.05) is 6.54 Å². The predicted molar refractivity (Wildman–Crippen MR) is 104 cm³/mol. The van der Waals surface area contributed by atoms with Crippen molar-refractivity contribution in [2.45, 2.75) is 6.42 Å². The summed E-state index contributed by atoms with van der Waals surface area (Å²) in [7, 11) is 0. The molecule has 0 fully saturated rings. The molecule has 2 aromatic carbocycles. The van der Waals surface area contributed by atoms with Crippen LogP contribution in [0.3, 0.4) is 0 Å². The second kappa shape index (κ2) is 7.92. The summed E-state index contributed by atoms with van der Waals surface area (Å²) in [5.74, 6) is 0.140. The first kappa shape index (κ1) is 17.7. The molecule has 5 nitrogen and oxygen atoms in total. The van der Waals surface area contributed by atoms with Crippen LogP contribution in [0, 0.1) is 5.82 Å². The summed E-state index contributed by atoms with van der Waals surface area (Å²) < 4.78 is 20.4. The molecule has 0 bridgehead atoms. The minimum absolute atomic E-state index is 0.222. The molecule has 2 aromatic heterocycles. The van der Waals surface area contributed by atoms with E-state index in [-0.39, 0.29) is 17.5 Å². The highest BCUT2D eigenvalue weighted by Gasteiger charge is 2.12. The number of nitrogens with zero attached hydrogens (tertiary/aromatic N) is 2. The van der Waals surface area contributed by atoms with E-state index in [0.717, 1.165) is 11.3 Å². The van der Waals surface area contributed by atoms with Crippen LogP contribution in [0.15, 0.2) is 83.5 Å². The van der Waals surface area contributed by atoms with Crippen molar-refractivity contribution in [2.24, 2.45) is 0 Å². The third kappa shape index (κ3) is 4.01. The van der Waals surface area contributed by atoms with Crippen molar-refractivity contribution >= 4 is 5.91 Å². The van der Waals surface area contributed by atoms with Crippen LogP contribution in [0.2, 0.25) is 0 Å². The monoisotopic (exact) mass is 375 g/mol. The van der Waals surface area contributed by atoms with Crippen molar-refractivity contribution < 1.29 is 13.6 Å². The maximum Gasteiger partial charge on any atom is 0.287 e. The molecule has 4 rings (SSSR count). The lowest BCUT2D eigenvalue weighted by Crippen LogP contribution is -2.25. The summed E-state index contributed by atoms with van der Waals surface area (Å²) in [5, 5.41) is 7.18. The van der Waals surface area contributed by atoms with Crippen LogP contribution in [0.4, 0.5) is 4.39 Å². The molecule has 2 heterocycles. The van der Waals surface area contributed by atoms with E-state index >= 15 is 0 Å². The normalized spacial score (nSPS) is 10.8. The molecular weight excluding hydrogens is 357 g/mol. The lowest BCUT2D eigenvalue weighted by Gasteiger charge is -2.02. The van der Waals surface area contributed by atoms with Crippen LogP contribution < -0.4 is 5.32 Å². The van der Waals surface area contributed by atoms with Crippen molar-refractivity contribution in [3.05, 3.63) is 96.3 Å². The number of carbonyl (C=O) groups excluding carboxylic acids is 1. The number of carbonyl (C=O) groups is 1. The summed E-state index contributed by atoms with van der Waals surface area (Å²) in [6.45, 7) is 0.464. The first-order valence-electron chi connectivity index (χ1n) is 8.92. The quantitative estimate of drug-likeness (QED) is 0.548. The van der Waals surface area contributed by atoms with Crippen molar-refractivity contribution in [3.63, 3.8) is 0 Å². The van der Waals surface area contributed by atoms with Crippen LogP contribution in [-0.2, 0) is 6.42 Å². The minimum atomic E-state index is -0.316. The van der Waals surface area contributed by atoms with Gasteiger partial charge in [-0.3, -0.25) is 4.79 Å². The zero-order chi connectivity index (χ0) is 19.3. The number of furan rings is 1. The van der Waals surface area contributed by atoms with Crippen molar-refractivity contribution in [1.29, 1.82) is 0 Å². The Morgan fingerprint density at radius 3 is 2.61 bits per heavy atom. The fraction of sp³-hybridized carbons (Fsp3) is 0.0909. The molecular formula is C22H18FN3O2. The molecule has 28 heavy (non-hydrogen) atoms. The van der Waals surface area contributed by atoms with Gasteiger partial charge in [-0.15, -0.1) is 0 Å². The van der Waals surface area contributed by atoms with E-state index in [1.54, 1.807) is 35.1 Å². The van der Waals surface area contributed by atoms with Crippen LogP contribution >= 0.6 is 0 Å². The van der Waals surface area contributed by atoms with Crippen LogP contribution in [-0.4, -0.2) is 22.2 Å². The molecule has 6 heteroatoms. The standard InChI is InChI=1S/C22H18FN3O2/c23-18-8-6-17(7-9-18)20-10-11-21(28-20)22(27)24-13-12-16-14-25-26(15-16)19-4-2-1-3-5-19/h1-11,14-15H,12-13H2,(H,24,27). The average molecular weight is 375 g/mol. The van der Waals surface area contributed by atoms with Gasteiger partial charge in [-0.25, -0.2) is 9.07 Å².